The molecule has 6 nitrogen and oxygen atoms in total. The van der Waals surface area contributed by atoms with E-state index in [1.807, 2.05) is 38.2 Å². The lowest BCUT2D eigenvalue weighted by Gasteiger charge is -2.25. The van der Waals surface area contributed by atoms with Crippen LogP contribution in [0.1, 0.15) is 29.5 Å². The number of hydrogen-bond acceptors (Lipinski definition) is 3. The molecule has 0 spiro atoms. The highest BCUT2D eigenvalue weighted by Crippen LogP contribution is 2.25. The van der Waals surface area contributed by atoms with Crippen LogP contribution in [-0.4, -0.2) is 37.8 Å². The molecule has 4 rings (SSSR count). The summed E-state index contributed by atoms with van der Waals surface area (Å²) in [6.07, 6.45) is 2.48. The molecule has 3 aromatic rings. The number of aromatic nitrogens is 4. The number of H-pyrrole nitrogens is 2. The maximum absolute atomic E-state index is 12.8. The van der Waals surface area contributed by atoms with Gasteiger partial charge in [0.15, 0.2) is 0 Å². The molecule has 1 aliphatic rings. The van der Waals surface area contributed by atoms with Crippen molar-refractivity contribution in [2.24, 2.45) is 5.92 Å². The molecule has 0 radical (unpaired) electrons. The van der Waals surface area contributed by atoms with Crippen molar-refractivity contribution in [1.29, 1.82) is 0 Å². The first-order chi connectivity index (χ1) is 11.6. The molecule has 1 aromatic carbocycles. The van der Waals surface area contributed by atoms with E-state index in [1.54, 1.807) is 4.90 Å². The van der Waals surface area contributed by atoms with Crippen molar-refractivity contribution in [2.45, 2.75) is 32.7 Å². The molecule has 0 unspecified atom stereocenters. The Morgan fingerprint density at radius 3 is 2.96 bits per heavy atom. The molecule has 0 fully saturated rings. The van der Waals surface area contributed by atoms with E-state index in [1.165, 1.54) is 0 Å². The predicted octanol–water partition coefficient (Wildman–Crippen LogP) is 2.36. The monoisotopic (exact) mass is 323 g/mol. The van der Waals surface area contributed by atoms with E-state index in [9.17, 15) is 4.79 Å². The van der Waals surface area contributed by atoms with Gasteiger partial charge < -0.3 is 14.9 Å². The molecule has 24 heavy (non-hydrogen) atoms. The highest BCUT2D eigenvalue weighted by molar-refractivity contribution is 5.79. The lowest BCUT2D eigenvalue weighted by molar-refractivity contribution is -0.135. The van der Waals surface area contributed by atoms with E-state index in [4.69, 9.17) is 0 Å². The van der Waals surface area contributed by atoms with Gasteiger partial charge in [0, 0.05) is 25.1 Å². The zero-order valence-electron chi connectivity index (χ0n) is 14.0. The van der Waals surface area contributed by atoms with Crippen LogP contribution in [0.15, 0.2) is 24.3 Å². The molecule has 1 aliphatic carbocycles. The highest BCUT2D eigenvalue weighted by atomic mass is 16.2. The van der Waals surface area contributed by atoms with Gasteiger partial charge in [-0.05, 0) is 31.9 Å². The number of aryl methyl sites for hydroxylation is 2. The Hall–Kier alpha value is -2.63. The van der Waals surface area contributed by atoms with E-state index >= 15 is 0 Å². The van der Waals surface area contributed by atoms with Crippen molar-refractivity contribution in [3.8, 4) is 0 Å². The third-order valence-corrected chi connectivity index (χ3v) is 4.71. The average Bonchev–Trinajstić information content (AvgIpc) is 3.14. The molecule has 6 heteroatoms. The van der Waals surface area contributed by atoms with Crippen molar-refractivity contribution >= 4 is 16.9 Å². The number of nitrogens with one attached hydrogen (secondary N) is 2. The summed E-state index contributed by atoms with van der Waals surface area (Å²) in [5.74, 6) is 1.95. The Balaban J connectivity index is 1.46. The maximum Gasteiger partial charge on any atom is 0.226 e. The molecule has 1 atom stereocenters. The molecule has 2 N–H and O–H groups in total. The number of imidazole rings is 2. The second-order valence-corrected chi connectivity index (χ2v) is 6.58. The van der Waals surface area contributed by atoms with Crippen LogP contribution in [0.3, 0.4) is 0 Å². The van der Waals surface area contributed by atoms with Crippen molar-refractivity contribution < 1.29 is 4.79 Å². The molecular formula is C18H21N5O. The number of rotatable bonds is 3. The van der Waals surface area contributed by atoms with Crippen LogP contribution in [0, 0.1) is 12.8 Å². The molecular weight excluding hydrogens is 302 g/mol. The number of para-hydroxylation sites is 2. The number of carbonyl (C=O) groups is 1. The fraction of sp³-hybridized carbons (Fsp3) is 0.389. The first-order valence-corrected chi connectivity index (χ1v) is 8.33. The maximum atomic E-state index is 12.8. The third kappa shape index (κ3) is 2.68. The van der Waals surface area contributed by atoms with E-state index in [0.717, 1.165) is 53.3 Å². The number of aromatic amines is 2. The van der Waals surface area contributed by atoms with Crippen LogP contribution in [0.2, 0.25) is 0 Å². The molecule has 1 amide bonds. The second kappa shape index (κ2) is 5.78. The Kier molecular flexibility index (Phi) is 3.59. The number of carbonyl (C=O) groups excluding carboxylic acids is 1. The fourth-order valence-electron chi connectivity index (χ4n) is 3.53. The summed E-state index contributed by atoms with van der Waals surface area (Å²) >= 11 is 0. The van der Waals surface area contributed by atoms with Gasteiger partial charge in [-0.2, -0.15) is 0 Å². The SMILES string of the molecule is Cc1nc2c([nH]1)C[C@@H](C(=O)N(C)Cc1nc3ccccc3[nH]1)CC2. The van der Waals surface area contributed by atoms with Gasteiger partial charge in [0.2, 0.25) is 5.91 Å². The minimum Gasteiger partial charge on any atom is -0.346 e. The summed E-state index contributed by atoms with van der Waals surface area (Å²) < 4.78 is 0. The molecule has 0 bridgehead atoms. The molecule has 2 heterocycles. The topological polar surface area (TPSA) is 77.7 Å². The van der Waals surface area contributed by atoms with E-state index in [0.29, 0.717) is 6.54 Å². The van der Waals surface area contributed by atoms with Crippen LogP contribution < -0.4 is 0 Å². The van der Waals surface area contributed by atoms with Gasteiger partial charge in [-0.3, -0.25) is 4.79 Å². The third-order valence-electron chi connectivity index (χ3n) is 4.71. The average molecular weight is 323 g/mol. The Labute approximate surface area is 140 Å². The fourth-order valence-corrected chi connectivity index (χ4v) is 3.53. The van der Waals surface area contributed by atoms with Gasteiger partial charge in [0.05, 0.1) is 23.3 Å². The van der Waals surface area contributed by atoms with Crippen LogP contribution in [0.5, 0.6) is 0 Å². The summed E-state index contributed by atoms with van der Waals surface area (Å²) in [5, 5.41) is 0. The van der Waals surface area contributed by atoms with Crippen molar-refractivity contribution in [3.63, 3.8) is 0 Å². The summed E-state index contributed by atoms with van der Waals surface area (Å²) in [6, 6.07) is 7.91. The van der Waals surface area contributed by atoms with Crippen molar-refractivity contribution in [3.05, 3.63) is 47.3 Å². The number of benzene rings is 1. The van der Waals surface area contributed by atoms with E-state index in [2.05, 4.69) is 19.9 Å². The zero-order chi connectivity index (χ0) is 16.7. The normalized spacial score (nSPS) is 17.0. The van der Waals surface area contributed by atoms with Crippen molar-refractivity contribution in [1.82, 2.24) is 24.8 Å². The molecule has 0 aliphatic heterocycles. The standard InChI is InChI=1S/C18H21N5O/c1-11-19-15-8-7-12(9-16(15)20-11)18(24)23(2)10-17-21-13-5-3-4-6-14(13)22-17/h3-6,12H,7-10H2,1-2H3,(H,19,20)(H,21,22)/t12-/m0/s1. The molecule has 0 saturated carbocycles. The van der Waals surface area contributed by atoms with Gasteiger partial charge in [-0.15, -0.1) is 0 Å². The van der Waals surface area contributed by atoms with Gasteiger partial charge in [-0.1, -0.05) is 12.1 Å². The smallest absolute Gasteiger partial charge is 0.226 e. The Morgan fingerprint density at radius 1 is 1.29 bits per heavy atom. The number of fused-ring (bicyclic) bond motifs is 2. The minimum atomic E-state index is 0.0201. The molecule has 124 valence electrons. The Bertz CT molecular complexity index is 861. The predicted molar refractivity (Wildman–Crippen MR) is 91.4 cm³/mol. The van der Waals surface area contributed by atoms with Crippen LogP contribution >= 0.6 is 0 Å². The second-order valence-electron chi connectivity index (χ2n) is 6.58. The quantitative estimate of drug-likeness (QED) is 0.777. The summed E-state index contributed by atoms with van der Waals surface area (Å²) in [6.45, 7) is 2.46. The van der Waals surface area contributed by atoms with Gasteiger partial charge in [0.25, 0.3) is 0 Å². The number of hydrogen-bond donors (Lipinski definition) is 2. The van der Waals surface area contributed by atoms with Gasteiger partial charge in [0.1, 0.15) is 11.6 Å². The van der Waals surface area contributed by atoms with E-state index < -0.39 is 0 Å². The van der Waals surface area contributed by atoms with Crippen LogP contribution in [-0.2, 0) is 24.2 Å². The van der Waals surface area contributed by atoms with Crippen LogP contribution in [0.25, 0.3) is 11.0 Å². The largest absolute Gasteiger partial charge is 0.346 e. The summed E-state index contributed by atoms with van der Waals surface area (Å²) in [4.78, 5) is 30.2. The van der Waals surface area contributed by atoms with E-state index in [-0.39, 0.29) is 11.8 Å². The van der Waals surface area contributed by atoms with Crippen molar-refractivity contribution in [2.75, 3.05) is 7.05 Å². The lowest BCUT2D eigenvalue weighted by Crippen LogP contribution is -2.35. The van der Waals surface area contributed by atoms with Gasteiger partial charge >= 0.3 is 0 Å². The van der Waals surface area contributed by atoms with Gasteiger partial charge in [-0.25, -0.2) is 9.97 Å². The highest BCUT2D eigenvalue weighted by Gasteiger charge is 2.29. The summed E-state index contributed by atoms with van der Waals surface area (Å²) in [7, 11) is 1.85. The van der Waals surface area contributed by atoms with Crippen LogP contribution in [0.4, 0.5) is 0 Å². The molecule has 0 saturated heterocycles. The molecule has 2 aromatic heterocycles. The number of amides is 1. The zero-order valence-corrected chi connectivity index (χ0v) is 14.0. The first-order valence-electron chi connectivity index (χ1n) is 8.33. The number of nitrogens with zero attached hydrogens (tertiary/aromatic N) is 3. The lowest BCUT2D eigenvalue weighted by atomic mass is 9.89. The summed E-state index contributed by atoms with van der Waals surface area (Å²) in [5.41, 5.74) is 4.18. The first kappa shape index (κ1) is 14.9. The Morgan fingerprint density at radius 2 is 2.12 bits per heavy atom. The minimum absolute atomic E-state index is 0.0201.